The summed E-state index contributed by atoms with van der Waals surface area (Å²) < 4.78 is 20.9. The van der Waals surface area contributed by atoms with E-state index in [0.717, 1.165) is 44.9 Å². The summed E-state index contributed by atoms with van der Waals surface area (Å²) in [6.45, 7) is 0.981. The average molecular weight is 935 g/mol. The molecule has 0 aliphatic rings. The van der Waals surface area contributed by atoms with Gasteiger partial charge in [-0.15, -0.1) is 0 Å². The Balaban J connectivity index is 0.000000217. The molecule has 0 aliphatic heterocycles. The number of benzene rings is 6. The van der Waals surface area contributed by atoms with E-state index in [4.69, 9.17) is 19.9 Å². The molecule has 2 unspecified atom stereocenters. The van der Waals surface area contributed by atoms with Gasteiger partial charge in [-0.3, -0.25) is 19.8 Å². The molecule has 8 aromatic rings. The second-order valence-corrected chi connectivity index (χ2v) is 15.3. The molecule has 70 heavy (non-hydrogen) atoms. The van der Waals surface area contributed by atoms with Crippen molar-refractivity contribution in [2.45, 2.75) is 38.1 Å². The molecule has 352 valence electrons. The largest absolute Gasteiger partial charge is 1.00 e. The second-order valence-electron chi connectivity index (χ2n) is 15.3. The summed E-state index contributed by atoms with van der Waals surface area (Å²) in [5.41, 5.74) is 12.7. The van der Waals surface area contributed by atoms with Gasteiger partial charge in [0.2, 0.25) is 0 Å². The number of hydrogen-bond acceptors (Lipinski definition) is 12. The molecule has 2 aromatic heterocycles. The molecular formula is C54H51LiN6O9. The van der Waals surface area contributed by atoms with Crippen molar-refractivity contribution >= 4 is 23.8 Å². The number of hydrogen-bond donors (Lipinski definition) is 4. The van der Waals surface area contributed by atoms with Gasteiger partial charge >= 0.3 is 30.8 Å². The van der Waals surface area contributed by atoms with Crippen LogP contribution in [0.1, 0.15) is 43.2 Å². The van der Waals surface area contributed by atoms with Gasteiger partial charge in [0.25, 0.3) is 5.91 Å². The molecule has 2 heterocycles. The van der Waals surface area contributed by atoms with Gasteiger partial charge in [0.1, 0.15) is 42.5 Å². The third kappa shape index (κ3) is 16.5. The number of aromatic amines is 2. The molecule has 0 radical (unpaired) electrons. The van der Waals surface area contributed by atoms with Crippen LogP contribution in [0.2, 0.25) is 0 Å². The van der Waals surface area contributed by atoms with Crippen LogP contribution in [0.5, 0.6) is 11.5 Å². The third-order valence-corrected chi connectivity index (χ3v) is 10.3. The van der Waals surface area contributed by atoms with Crippen LogP contribution in [0.25, 0.3) is 22.5 Å². The first kappa shape index (κ1) is 52.7. The summed E-state index contributed by atoms with van der Waals surface area (Å²) in [5, 5.41) is 26.8. The number of amides is 1. The van der Waals surface area contributed by atoms with Crippen LogP contribution in [0.4, 0.5) is 0 Å². The number of carbonyl (C=O) groups is 4. The van der Waals surface area contributed by atoms with Gasteiger partial charge in [0.15, 0.2) is 0 Å². The molecule has 16 heteroatoms. The van der Waals surface area contributed by atoms with E-state index in [1.54, 1.807) is 6.07 Å². The van der Waals surface area contributed by atoms with Gasteiger partial charge in [-0.1, -0.05) is 121 Å². The zero-order chi connectivity index (χ0) is 48.8. The zero-order valence-corrected chi connectivity index (χ0v) is 38.9. The monoisotopic (exact) mass is 934 g/mol. The first-order chi connectivity index (χ1) is 33.6. The molecule has 0 bridgehead atoms. The van der Waals surface area contributed by atoms with Gasteiger partial charge < -0.3 is 39.9 Å². The molecule has 0 saturated carbocycles. The number of methoxy groups -OCH3 is 2. The Bertz CT molecular complexity index is 2830. The minimum Gasteiger partial charge on any atom is -0.543 e. The number of rotatable bonds is 17. The fourth-order valence-electron chi connectivity index (χ4n) is 6.61. The summed E-state index contributed by atoms with van der Waals surface area (Å²) in [6, 6.07) is 55.4. The van der Waals surface area contributed by atoms with E-state index in [9.17, 15) is 24.3 Å². The van der Waals surface area contributed by atoms with Crippen molar-refractivity contribution in [3.63, 3.8) is 0 Å². The number of carbonyl (C=O) groups excluding carboxylic acids is 4. The summed E-state index contributed by atoms with van der Waals surface area (Å²) in [6.07, 6.45) is 0.845. The predicted octanol–water partition coefficient (Wildman–Crippen LogP) is 3.92. The number of carboxylic acid groups (broad SMARTS) is 1. The van der Waals surface area contributed by atoms with Crippen molar-refractivity contribution in [2.75, 3.05) is 14.2 Å². The van der Waals surface area contributed by atoms with Crippen LogP contribution >= 0.6 is 0 Å². The van der Waals surface area contributed by atoms with Crippen molar-refractivity contribution in [3.8, 4) is 34.0 Å². The fourth-order valence-corrected chi connectivity index (χ4v) is 6.61. The van der Waals surface area contributed by atoms with Crippen LogP contribution in [0, 0.1) is 0 Å². The number of nitrogens with two attached hydrogens (primary N) is 1. The molecule has 0 aliphatic carbocycles. The number of aromatic nitrogens is 4. The Hall–Kier alpha value is -8.22. The predicted molar refractivity (Wildman–Crippen MR) is 257 cm³/mol. The van der Waals surface area contributed by atoms with Gasteiger partial charge in [0.05, 0.1) is 37.3 Å². The summed E-state index contributed by atoms with van der Waals surface area (Å²) in [4.78, 5) is 46.7. The van der Waals surface area contributed by atoms with E-state index in [1.807, 2.05) is 170 Å². The van der Waals surface area contributed by atoms with Crippen LogP contribution in [-0.2, 0) is 45.1 Å². The number of nitrogens with zero attached hydrogens (tertiary/aromatic N) is 2. The molecule has 0 fully saturated rings. The van der Waals surface area contributed by atoms with E-state index in [2.05, 4.69) is 30.4 Å². The van der Waals surface area contributed by atoms with Crippen molar-refractivity contribution < 1.29 is 62.1 Å². The molecule has 2 atom stereocenters. The topological polar surface area (TPSA) is 224 Å². The summed E-state index contributed by atoms with van der Waals surface area (Å²) in [7, 11) is 2.64. The number of H-pyrrole nitrogens is 2. The SMILES string of the molecule is COC(=O)C(Cc1ccccc1)NC(=O)c1cc(-c2ccc(OCc3ccccc3)cc2)n[nH]1.COC(=O)C(N)Cc1ccccc1.O=C([O-])c1cc(-c2ccc(OCc3ccccc3)cc2)n[nH]1.[Li+]. The van der Waals surface area contributed by atoms with Gasteiger partial charge in [-0.25, -0.2) is 4.79 Å². The van der Waals surface area contributed by atoms with Crippen molar-refractivity contribution in [1.29, 1.82) is 0 Å². The molecule has 6 aromatic carbocycles. The van der Waals surface area contributed by atoms with Gasteiger partial charge in [-0.05, 0) is 89.3 Å². The molecule has 5 N–H and O–H groups in total. The normalized spacial score (nSPS) is 11.1. The second kappa shape index (κ2) is 27.6. The van der Waals surface area contributed by atoms with Gasteiger partial charge in [-0.2, -0.15) is 10.2 Å². The maximum absolute atomic E-state index is 12.8. The van der Waals surface area contributed by atoms with E-state index in [1.165, 1.54) is 20.3 Å². The molecule has 0 saturated heterocycles. The summed E-state index contributed by atoms with van der Waals surface area (Å²) >= 11 is 0. The first-order valence-corrected chi connectivity index (χ1v) is 21.7. The standard InChI is InChI=1S/C27H25N3O4.C17H14N2O3.C10H13NO2.Li/c1-33-27(32)25(16-19-8-4-2-5-9-19)28-26(31)24-17-23(29-30-24)21-12-14-22(15-13-21)34-18-20-10-6-3-7-11-20;20-17(21)16-10-15(18-19-16)13-6-8-14(9-7-13)22-11-12-4-2-1-3-5-12;1-13-10(12)9(11)7-8-5-3-2-4-6-8;/h2-15,17,25H,16,18H2,1H3,(H,28,31)(H,29,30);1-10H,11H2,(H,18,19)(H,20,21);2-6,9H,7,11H2,1H3;/q;;;+1/p-1. The van der Waals surface area contributed by atoms with Crippen molar-refractivity contribution in [3.05, 3.63) is 216 Å². The first-order valence-electron chi connectivity index (χ1n) is 21.7. The molecule has 0 spiro atoms. The number of carboxylic acids is 1. The molecule has 8 rings (SSSR count). The molecular weight excluding hydrogens is 884 g/mol. The van der Waals surface area contributed by atoms with Gasteiger partial charge in [0, 0.05) is 17.5 Å². The Labute approximate surface area is 417 Å². The van der Waals surface area contributed by atoms with Crippen LogP contribution in [0.15, 0.2) is 182 Å². The smallest absolute Gasteiger partial charge is 0.543 e. The Morgan fingerprint density at radius 3 is 1.33 bits per heavy atom. The minimum atomic E-state index is -1.28. The van der Waals surface area contributed by atoms with Crippen LogP contribution < -0.4 is 44.5 Å². The maximum atomic E-state index is 12.8. The molecule has 1 amide bonds. The van der Waals surface area contributed by atoms with E-state index < -0.39 is 29.9 Å². The summed E-state index contributed by atoms with van der Waals surface area (Å²) in [5.74, 6) is -1.12. The fraction of sp³-hybridized carbons (Fsp3) is 0.148. The average Bonchev–Trinajstić information content (AvgIpc) is 4.11. The number of ether oxygens (including phenoxy) is 4. The zero-order valence-electron chi connectivity index (χ0n) is 38.9. The van der Waals surface area contributed by atoms with Crippen LogP contribution in [0.3, 0.4) is 0 Å². The Morgan fingerprint density at radius 1 is 0.543 bits per heavy atom. The van der Waals surface area contributed by atoms with E-state index >= 15 is 0 Å². The Kier molecular flexibility index (Phi) is 20.8. The number of esters is 2. The Morgan fingerprint density at radius 2 is 0.929 bits per heavy atom. The number of aromatic carboxylic acids is 1. The van der Waals surface area contributed by atoms with E-state index in [0.29, 0.717) is 37.4 Å². The minimum absolute atomic E-state index is 0. The third-order valence-electron chi connectivity index (χ3n) is 10.3. The van der Waals surface area contributed by atoms with Crippen molar-refractivity contribution in [1.82, 2.24) is 25.7 Å². The molecule has 15 nitrogen and oxygen atoms in total. The van der Waals surface area contributed by atoms with E-state index in [-0.39, 0.29) is 36.2 Å². The van der Waals surface area contributed by atoms with Crippen LogP contribution in [-0.4, -0.2) is 70.5 Å². The van der Waals surface area contributed by atoms with Crippen molar-refractivity contribution in [2.24, 2.45) is 5.73 Å². The number of nitrogens with one attached hydrogen (secondary N) is 3. The maximum Gasteiger partial charge on any atom is 1.00 e. The quantitative estimate of drug-likeness (QED) is 0.0754.